The fourth-order valence-electron chi connectivity index (χ4n) is 6.97. The fourth-order valence-corrected chi connectivity index (χ4v) is 8.38. The van der Waals surface area contributed by atoms with Gasteiger partial charge in [0.05, 0.1) is 22.1 Å². The summed E-state index contributed by atoms with van der Waals surface area (Å²) in [5, 5.41) is 2.38. The Bertz CT molecular complexity index is 2470. The molecule has 0 N–H and O–H groups in total. The molecule has 0 bridgehead atoms. The van der Waals surface area contributed by atoms with Crippen molar-refractivity contribution >= 4 is 44.6 Å². The van der Waals surface area contributed by atoms with Crippen molar-refractivity contribution < 1.29 is 4.74 Å². The zero-order valence-electron chi connectivity index (χ0n) is 25.7. The molecular weight excluding hydrogens is 585 g/mol. The number of fused-ring (bicyclic) bond motifs is 6. The lowest BCUT2D eigenvalue weighted by Gasteiger charge is -2.34. The van der Waals surface area contributed by atoms with E-state index in [1.165, 1.54) is 31.7 Å². The summed E-state index contributed by atoms with van der Waals surface area (Å²) in [6.45, 7) is 4.67. The molecule has 0 saturated heterocycles. The van der Waals surface area contributed by atoms with Crippen LogP contribution in [0.4, 0.5) is 0 Å². The van der Waals surface area contributed by atoms with Crippen molar-refractivity contribution in [3.8, 4) is 28.7 Å². The number of pyridine rings is 1. The predicted molar refractivity (Wildman–Crippen MR) is 187 cm³/mol. The predicted octanol–water partition coefficient (Wildman–Crippen LogP) is 10.3. The zero-order valence-corrected chi connectivity index (χ0v) is 26.5. The van der Waals surface area contributed by atoms with Gasteiger partial charge in [-0.25, -0.2) is 9.97 Å². The number of para-hydroxylation sites is 2. The Morgan fingerprint density at radius 3 is 2.33 bits per heavy atom. The molecule has 1 aliphatic heterocycles. The van der Waals surface area contributed by atoms with Gasteiger partial charge in [-0.2, -0.15) is 0 Å². The molecule has 0 aliphatic carbocycles. The minimum atomic E-state index is -0.113. The quantitative estimate of drug-likeness (QED) is 0.198. The number of rotatable bonds is 4. The molecule has 5 nitrogen and oxygen atoms in total. The highest BCUT2D eigenvalue weighted by Gasteiger charge is 2.34. The molecular formula is C40H30N4OS. The van der Waals surface area contributed by atoms with E-state index in [-0.39, 0.29) is 5.41 Å². The van der Waals surface area contributed by atoms with E-state index in [1.807, 2.05) is 60.4 Å². The van der Waals surface area contributed by atoms with Crippen LogP contribution in [0.2, 0.25) is 0 Å². The van der Waals surface area contributed by atoms with Gasteiger partial charge in [0.15, 0.2) is 0 Å². The van der Waals surface area contributed by atoms with Gasteiger partial charge in [-0.3, -0.25) is 4.57 Å². The number of hydrogen-bond donors (Lipinski definition) is 0. The molecule has 0 atom stereocenters. The van der Waals surface area contributed by atoms with Crippen LogP contribution in [0.15, 0.2) is 137 Å². The number of aryl methyl sites for hydroxylation is 1. The van der Waals surface area contributed by atoms with Gasteiger partial charge in [0.1, 0.15) is 23.1 Å². The molecule has 9 rings (SSSR count). The summed E-state index contributed by atoms with van der Waals surface area (Å²) >= 11 is 1.85. The van der Waals surface area contributed by atoms with E-state index >= 15 is 0 Å². The van der Waals surface area contributed by atoms with E-state index < -0.39 is 0 Å². The third-order valence-electron chi connectivity index (χ3n) is 9.29. The van der Waals surface area contributed by atoms with Crippen LogP contribution in [0.3, 0.4) is 0 Å². The first-order valence-electron chi connectivity index (χ1n) is 15.5. The number of aromatic nitrogens is 4. The third kappa shape index (κ3) is 4.10. The van der Waals surface area contributed by atoms with Gasteiger partial charge in [0.2, 0.25) is 0 Å². The Morgan fingerprint density at radius 1 is 0.652 bits per heavy atom. The van der Waals surface area contributed by atoms with Crippen LogP contribution in [0.25, 0.3) is 50.0 Å². The second kappa shape index (κ2) is 10.1. The molecule has 5 aromatic carbocycles. The average molecular weight is 615 g/mol. The second-order valence-corrected chi connectivity index (χ2v) is 13.5. The highest BCUT2D eigenvalue weighted by atomic mass is 32.2. The smallest absolute Gasteiger partial charge is 0.140 e. The van der Waals surface area contributed by atoms with Gasteiger partial charge in [-0.1, -0.05) is 74.1 Å². The van der Waals surface area contributed by atoms with Gasteiger partial charge in [0.25, 0.3) is 0 Å². The summed E-state index contributed by atoms with van der Waals surface area (Å²) in [6.07, 6.45) is 1.85. The summed E-state index contributed by atoms with van der Waals surface area (Å²) in [4.78, 5) is 12.3. The van der Waals surface area contributed by atoms with E-state index in [9.17, 15) is 0 Å². The lowest BCUT2D eigenvalue weighted by atomic mass is 9.77. The standard InChI is InChI=1S/C40H30N4OS/c1-40(2)30-13-4-7-16-36(30)46-37-24-35-29(23-31(37)40)28-19-18-27(22-34(28)44(35)38-17-8-9-20-41-38)45-26-12-10-11-25(21-26)39-42-32-14-5-6-15-33(32)43(39)3/h4-24H,1-3H3. The van der Waals surface area contributed by atoms with Gasteiger partial charge in [-0.15, -0.1) is 0 Å². The Morgan fingerprint density at radius 2 is 1.46 bits per heavy atom. The lowest BCUT2D eigenvalue weighted by Crippen LogP contribution is -2.23. The van der Waals surface area contributed by atoms with Crippen molar-refractivity contribution in [2.24, 2.45) is 7.05 Å². The molecule has 8 aromatic rings. The molecule has 6 heteroatoms. The first-order valence-corrected chi connectivity index (χ1v) is 16.3. The van der Waals surface area contributed by atoms with E-state index in [1.54, 1.807) is 0 Å². The first kappa shape index (κ1) is 27.0. The minimum Gasteiger partial charge on any atom is -0.457 e. The maximum Gasteiger partial charge on any atom is 0.140 e. The summed E-state index contributed by atoms with van der Waals surface area (Å²) < 4.78 is 10.9. The fraction of sp³-hybridized carbons (Fsp3) is 0.100. The number of nitrogens with zero attached hydrogens (tertiary/aromatic N) is 4. The van der Waals surface area contributed by atoms with Crippen LogP contribution >= 0.6 is 11.8 Å². The Labute approximate surface area is 271 Å². The largest absolute Gasteiger partial charge is 0.457 e. The summed E-state index contributed by atoms with van der Waals surface area (Å²) in [6, 6.07) is 42.3. The van der Waals surface area contributed by atoms with Crippen LogP contribution in [-0.4, -0.2) is 19.1 Å². The van der Waals surface area contributed by atoms with Gasteiger partial charge >= 0.3 is 0 Å². The maximum atomic E-state index is 6.55. The Hall–Kier alpha value is -5.33. The van der Waals surface area contributed by atoms with Crippen molar-refractivity contribution in [3.05, 3.63) is 139 Å². The van der Waals surface area contributed by atoms with Crippen LogP contribution in [0.1, 0.15) is 25.0 Å². The third-order valence-corrected chi connectivity index (χ3v) is 10.4. The van der Waals surface area contributed by atoms with Crippen molar-refractivity contribution in [2.45, 2.75) is 29.1 Å². The minimum absolute atomic E-state index is 0.113. The molecule has 3 aromatic heterocycles. The molecule has 46 heavy (non-hydrogen) atoms. The van der Waals surface area contributed by atoms with Gasteiger partial charge in [-0.05, 0) is 77.9 Å². The Kier molecular flexibility index (Phi) is 5.93. The molecule has 0 amide bonds. The number of benzene rings is 5. The summed E-state index contributed by atoms with van der Waals surface area (Å²) in [5.41, 5.74) is 7.89. The molecule has 0 spiro atoms. The van der Waals surface area contributed by atoms with Crippen molar-refractivity contribution in [2.75, 3.05) is 0 Å². The highest BCUT2D eigenvalue weighted by Crippen LogP contribution is 2.51. The molecule has 0 unspecified atom stereocenters. The molecule has 0 fully saturated rings. The maximum absolute atomic E-state index is 6.55. The van der Waals surface area contributed by atoms with E-state index in [0.29, 0.717) is 0 Å². The Balaban J connectivity index is 1.18. The van der Waals surface area contributed by atoms with Crippen molar-refractivity contribution in [3.63, 3.8) is 0 Å². The summed E-state index contributed by atoms with van der Waals surface area (Å²) in [7, 11) is 2.05. The molecule has 222 valence electrons. The topological polar surface area (TPSA) is 44.9 Å². The highest BCUT2D eigenvalue weighted by molar-refractivity contribution is 7.99. The van der Waals surface area contributed by atoms with Crippen LogP contribution in [0, 0.1) is 0 Å². The van der Waals surface area contributed by atoms with E-state index in [2.05, 4.69) is 109 Å². The second-order valence-electron chi connectivity index (χ2n) is 12.4. The van der Waals surface area contributed by atoms with Crippen LogP contribution in [0.5, 0.6) is 11.5 Å². The zero-order chi connectivity index (χ0) is 31.0. The molecule has 0 saturated carbocycles. The van der Waals surface area contributed by atoms with Crippen LogP contribution < -0.4 is 4.74 Å². The monoisotopic (exact) mass is 614 g/mol. The normalized spacial score (nSPS) is 13.6. The number of hydrogen-bond acceptors (Lipinski definition) is 4. The first-order chi connectivity index (χ1) is 22.5. The van der Waals surface area contributed by atoms with Crippen molar-refractivity contribution in [1.82, 2.24) is 19.1 Å². The molecule has 0 radical (unpaired) electrons. The van der Waals surface area contributed by atoms with Crippen molar-refractivity contribution in [1.29, 1.82) is 0 Å². The van der Waals surface area contributed by atoms with E-state index in [0.717, 1.165) is 50.8 Å². The van der Waals surface area contributed by atoms with E-state index in [4.69, 9.17) is 14.7 Å². The van der Waals surface area contributed by atoms with Crippen LogP contribution in [-0.2, 0) is 12.5 Å². The lowest BCUT2D eigenvalue weighted by molar-refractivity contribution is 0.483. The SMILES string of the molecule is Cn1c(-c2cccc(Oc3ccc4c5cc6c(cc5n(-c5ccccn5)c4c3)Sc3ccccc3C6(C)C)c2)nc2ccccc21. The summed E-state index contributed by atoms with van der Waals surface area (Å²) in [5.74, 6) is 3.31. The van der Waals surface area contributed by atoms with Gasteiger partial charge < -0.3 is 9.30 Å². The molecule has 4 heterocycles. The molecule has 1 aliphatic rings. The average Bonchev–Trinajstić information content (AvgIpc) is 3.58. The number of imidazole rings is 1. The number of ether oxygens (including phenoxy) is 1. The van der Waals surface area contributed by atoms with Gasteiger partial charge in [0, 0.05) is 50.9 Å².